The average Bonchev–Trinajstić information content (AvgIpc) is 2.42. The second-order valence-electron chi connectivity index (χ2n) is 3.97. The average molecular weight is 258 g/mol. The molecular weight excluding hydrogens is 240 g/mol. The fourth-order valence-corrected chi connectivity index (χ4v) is 1.66. The van der Waals surface area contributed by atoms with Crippen molar-refractivity contribution in [3.63, 3.8) is 0 Å². The molecule has 1 aromatic carbocycles. The highest BCUT2D eigenvalue weighted by molar-refractivity contribution is 5.56. The number of aromatic nitrogens is 2. The summed E-state index contributed by atoms with van der Waals surface area (Å²) < 4.78 is 5.40. The van der Waals surface area contributed by atoms with Crippen LogP contribution < -0.4 is 15.4 Å². The molecule has 19 heavy (non-hydrogen) atoms. The number of nitrogens with one attached hydrogen (secondary N) is 2. The number of anilines is 2. The Hall–Kier alpha value is -2.14. The Bertz CT molecular complexity index is 513. The molecule has 2 N–H and O–H groups in total. The third-order valence-electron chi connectivity index (χ3n) is 2.48. The van der Waals surface area contributed by atoms with Gasteiger partial charge in [-0.2, -0.15) is 0 Å². The number of rotatable bonds is 6. The Morgan fingerprint density at radius 2 is 1.95 bits per heavy atom. The van der Waals surface area contributed by atoms with E-state index in [0.717, 1.165) is 23.1 Å². The van der Waals surface area contributed by atoms with Crippen LogP contribution in [0.2, 0.25) is 0 Å². The molecule has 0 aliphatic carbocycles. The minimum absolute atomic E-state index is 0.652. The zero-order valence-electron chi connectivity index (χ0n) is 11.2. The van der Waals surface area contributed by atoms with Gasteiger partial charge in [0.05, 0.1) is 13.2 Å². The Kier molecular flexibility index (Phi) is 4.69. The smallest absolute Gasteiger partial charge is 0.144 e. The van der Waals surface area contributed by atoms with Gasteiger partial charge in [0, 0.05) is 11.9 Å². The van der Waals surface area contributed by atoms with Crippen molar-refractivity contribution in [2.24, 2.45) is 0 Å². The van der Waals surface area contributed by atoms with Crippen LogP contribution in [-0.2, 0) is 6.54 Å². The number of nitrogens with zero attached hydrogens (tertiary/aromatic N) is 2. The minimum atomic E-state index is 0.652. The number of benzene rings is 1. The second kappa shape index (κ2) is 6.70. The van der Waals surface area contributed by atoms with Crippen LogP contribution in [0.15, 0.2) is 36.5 Å². The first-order chi connectivity index (χ1) is 9.31. The third kappa shape index (κ3) is 3.93. The zero-order chi connectivity index (χ0) is 13.5. The highest BCUT2D eigenvalue weighted by atomic mass is 16.5. The fourth-order valence-electron chi connectivity index (χ4n) is 1.66. The van der Waals surface area contributed by atoms with E-state index in [4.69, 9.17) is 4.74 Å². The molecule has 100 valence electrons. The van der Waals surface area contributed by atoms with Crippen LogP contribution in [0.4, 0.5) is 11.5 Å². The molecule has 0 unspecified atom stereocenters. The van der Waals surface area contributed by atoms with Crippen LogP contribution in [0, 0.1) is 0 Å². The number of hydrogen-bond donors (Lipinski definition) is 2. The van der Waals surface area contributed by atoms with E-state index in [0.29, 0.717) is 13.2 Å². The van der Waals surface area contributed by atoms with Crippen LogP contribution >= 0.6 is 0 Å². The van der Waals surface area contributed by atoms with Gasteiger partial charge >= 0.3 is 0 Å². The van der Waals surface area contributed by atoms with Gasteiger partial charge in [-0.15, -0.1) is 0 Å². The van der Waals surface area contributed by atoms with Crippen LogP contribution in [0.1, 0.15) is 12.7 Å². The van der Waals surface area contributed by atoms with Crippen molar-refractivity contribution < 1.29 is 4.74 Å². The van der Waals surface area contributed by atoms with Crippen molar-refractivity contribution in [1.29, 1.82) is 0 Å². The highest BCUT2D eigenvalue weighted by Crippen LogP contribution is 2.18. The predicted molar refractivity (Wildman–Crippen MR) is 75.7 cm³/mol. The van der Waals surface area contributed by atoms with Gasteiger partial charge < -0.3 is 15.4 Å². The predicted octanol–water partition coefficient (Wildman–Crippen LogP) is 2.34. The summed E-state index contributed by atoms with van der Waals surface area (Å²) in [7, 11) is 1.87. The quantitative estimate of drug-likeness (QED) is 0.833. The van der Waals surface area contributed by atoms with E-state index in [-0.39, 0.29) is 0 Å². The Balaban J connectivity index is 2.05. The zero-order valence-corrected chi connectivity index (χ0v) is 11.2. The highest BCUT2D eigenvalue weighted by Gasteiger charge is 2.00. The molecule has 0 aliphatic heterocycles. The van der Waals surface area contributed by atoms with Gasteiger partial charge in [-0.05, 0) is 44.3 Å². The molecule has 2 aromatic rings. The van der Waals surface area contributed by atoms with Crippen molar-refractivity contribution in [2.75, 3.05) is 19.0 Å². The summed E-state index contributed by atoms with van der Waals surface area (Å²) in [6.45, 7) is 3.29. The van der Waals surface area contributed by atoms with Crippen molar-refractivity contribution in [3.8, 4) is 5.75 Å². The lowest BCUT2D eigenvalue weighted by Gasteiger charge is -2.08. The van der Waals surface area contributed by atoms with Gasteiger partial charge in [-0.1, -0.05) is 0 Å². The summed E-state index contributed by atoms with van der Waals surface area (Å²) in [6, 6.07) is 9.63. The lowest BCUT2D eigenvalue weighted by atomic mass is 10.3. The van der Waals surface area contributed by atoms with Gasteiger partial charge in [0.1, 0.15) is 17.4 Å². The summed E-state index contributed by atoms with van der Waals surface area (Å²) in [5, 5.41) is 6.26. The molecule has 0 spiro atoms. The first-order valence-corrected chi connectivity index (χ1v) is 6.28. The molecule has 0 fully saturated rings. The van der Waals surface area contributed by atoms with Crippen molar-refractivity contribution in [1.82, 2.24) is 15.3 Å². The van der Waals surface area contributed by atoms with E-state index in [9.17, 15) is 0 Å². The largest absolute Gasteiger partial charge is 0.494 e. The summed E-state index contributed by atoms with van der Waals surface area (Å²) in [5.74, 6) is 2.41. The third-order valence-corrected chi connectivity index (χ3v) is 2.48. The first-order valence-electron chi connectivity index (χ1n) is 6.28. The van der Waals surface area contributed by atoms with Crippen LogP contribution in [-0.4, -0.2) is 23.6 Å². The molecular formula is C14H18N4O. The number of ether oxygens (including phenoxy) is 1. The van der Waals surface area contributed by atoms with Gasteiger partial charge in [0.15, 0.2) is 0 Å². The van der Waals surface area contributed by atoms with Crippen LogP contribution in [0.3, 0.4) is 0 Å². The molecule has 1 heterocycles. The molecule has 1 aromatic heterocycles. The molecule has 0 amide bonds. The van der Waals surface area contributed by atoms with E-state index >= 15 is 0 Å². The normalized spacial score (nSPS) is 10.2. The summed E-state index contributed by atoms with van der Waals surface area (Å²) in [4.78, 5) is 8.58. The van der Waals surface area contributed by atoms with Gasteiger partial charge in [-0.25, -0.2) is 9.97 Å². The maximum Gasteiger partial charge on any atom is 0.144 e. The summed E-state index contributed by atoms with van der Waals surface area (Å²) >= 11 is 0. The van der Waals surface area contributed by atoms with E-state index in [1.807, 2.05) is 44.3 Å². The maximum atomic E-state index is 5.40. The standard InChI is InChI=1S/C14H18N4O/c1-3-19-12-6-4-11(5-7-12)17-13-8-9-16-14(18-13)10-15-2/h4-9,15H,3,10H2,1-2H3,(H,16,17,18). The first kappa shape index (κ1) is 13.3. The van der Waals surface area contributed by atoms with Crippen molar-refractivity contribution in [2.45, 2.75) is 13.5 Å². The molecule has 0 aliphatic rings. The molecule has 5 heteroatoms. The fraction of sp³-hybridized carbons (Fsp3) is 0.286. The molecule has 5 nitrogen and oxygen atoms in total. The lowest BCUT2D eigenvalue weighted by molar-refractivity contribution is 0.340. The molecule has 2 rings (SSSR count). The van der Waals surface area contributed by atoms with Crippen molar-refractivity contribution in [3.05, 3.63) is 42.4 Å². The molecule has 0 saturated heterocycles. The summed E-state index contributed by atoms with van der Waals surface area (Å²) in [5.41, 5.74) is 0.970. The Morgan fingerprint density at radius 3 is 2.63 bits per heavy atom. The van der Waals surface area contributed by atoms with E-state index in [2.05, 4.69) is 20.6 Å². The van der Waals surface area contributed by atoms with E-state index < -0.39 is 0 Å². The van der Waals surface area contributed by atoms with Gasteiger partial charge in [0.25, 0.3) is 0 Å². The number of hydrogen-bond acceptors (Lipinski definition) is 5. The molecule has 0 atom stereocenters. The monoisotopic (exact) mass is 258 g/mol. The van der Waals surface area contributed by atoms with E-state index in [1.165, 1.54) is 0 Å². The van der Waals surface area contributed by atoms with Crippen molar-refractivity contribution >= 4 is 11.5 Å². The molecule has 0 radical (unpaired) electrons. The maximum absolute atomic E-state index is 5.40. The lowest BCUT2D eigenvalue weighted by Crippen LogP contribution is -2.09. The topological polar surface area (TPSA) is 59.1 Å². The van der Waals surface area contributed by atoms with Crippen LogP contribution in [0.5, 0.6) is 5.75 Å². The second-order valence-corrected chi connectivity index (χ2v) is 3.97. The summed E-state index contributed by atoms with van der Waals surface area (Å²) in [6.07, 6.45) is 1.75. The Labute approximate surface area is 113 Å². The SMILES string of the molecule is CCOc1ccc(Nc2ccnc(CNC)n2)cc1. The Morgan fingerprint density at radius 1 is 1.16 bits per heavy atom. The van der Waals surface area contributed by atoms with Gasteiger partial charge in [-0.3, -0.25) is 0 Å². The van der Waals surface area contributed by atoms with Crippen LogP contribution in [0.25, 0.3) is 0 Å². The molecule has 0 saturated carbocycles. The molecule has 0 bridgehead atoms. The van der Waals surface area contributed by atoms with E-state index in [1.54, 1.807) is 6.20 Å². The minimum Gasteiger partial charge on any atom is -0.494 e. The van der Waals surface area contributed by atoms with Gasteiger partial charge in [0.2, 0.25) is 0 Å².